The van der Waals surface area contributed by atoms with Crippen LogP contribution in [0, 0.1) is 0 Å². The van der Waals surface area contributed by atoms with Crippen molar-refractivity contribution in [3.63, 3.8) is 0 Å². The van der Waals surface area contributed by atoms with Gasteiger partial charge in [-0.05, 0) is 68.7 Å². The van der Waals surface area contributed by atoms with Crippen LogP contribution in [0.2, 0.25) is 0 Å². The van der Waals surface area contributed by atoms with Crippen molar-refractivity contribution in [1.82, 2.24) is 0 Å². The number of ether oxygens (including phenoxy) is 1. The minimum atomic E-state index is -0.271. The molecule has 5 nitrogen and oxygen atoms in total. The van der Waals surface area contributed by atoms with E-state index in [1.165, 1.54) is 0 Å². The number of carbonyl (C=O) groups excluding carboxylic acids is 1. The van der Waals surface area contributed by atoms with E-state index >= 15 is 0 Å². The maximum absolute atomic E-state index is 12.7. The molecule has 0 bridgehead atoms. The number of nitrogens with one attached hydrogen (secondary N) is 1. The lowest BCUT2D eigenvalue weighted by molar-refractivity contribution is -0.117. The van der Waals surface area contributed by atoms with Gasteiger partial charge in [0, 0.05) is 23.6 Å². The molecule has 2 aromatic rings. The number of hydrogen-bond acceptors (Lipinski definition) is 4. The van der Waals surface area contributed by atoms with E-state index in [0.717, 1.165) is 47.8 Å². The van der Waals surface area contributed by atoms with Crippen LogP contribution in [0.15, 0.2) is 42.5 Å². The lowest BCUT2D eigenvalue weighted by Gasteiger charge is -2.36. The van der Waals surface area contributed by atoms with Gasteiger partial charge in [0.2, 0.25) is 5.91 Å². The summed E-state index contributed by atoms with van der Waals surface area (Å²) in [5, 5.41) is 2.99. The van der Waals surface area contributed by atoms with Crippen molar-refractivity contribution >= 4 is 23.0 Å². The zero-order valence-corrected chi connectivity index (χ0v) is 14.8. The SMILES string of the molecule is CCOc1ccc(NC(=O)C(C)N2CCCc3c(N)cccc32)cc1. The Morgan fingerprint density at radius 1 is 1.28 bits per heavy atom. The van der Waals surface area contributed by atoms with Gasteiger partial charge in [-0.3, -0.25) is 4.79 Å². The predicted molar refractivity (Wildman–Crippen MR) is 102 cm³/mol. The molecule has 1 aliphatic rings. The molecular formula is C20H25N3O2. The van der Waals surface area contributed by atoms with Gasteiger partial charge in [-0.25, -0.2) is 0 Å². The highest BCUT2D eigenvalue weighted by molar-refractivity contribution is 5.97. The van der Waals surface area contributed by atoms with Crippen molar-refractivity contribution in [2.45, 2.75) is 32.7 Å². The molecule has 3 N–H and O–H groups in total. The lowest BCUT2D eigenvalue weighted by Crippen LogP contribution is -2.44. The van der Waals surface area contributed by atoms with E-state index in [1.807, 2.05) is 56.3 Å². The fraction of sp³-hybridized carbons (Fsp3) is 0.350. The number of benzene rings is 2. The van der Waals surface area contributed by atoms with Crippen molar-refractivity contribution in [1.29, 1.82) is 0 Å². The summed E-state index contributed by atoms with van der Waals surface area (Å²) in [5.41, 5.74) is 9.90. The Labute approximate surface area is 148 Å². The molecule has 0 fully saturated rings. The molecule has 0 aromatic heterocycles. The highest BCUT2D eigenvalue weighted by atomic mass is 16.5. The number of anilines is 3. The summed E-state index contributed by atoms with van der Waals surface area (Å²) in [6, 6.07) is 13.1. The van der Waals surface area contributed by atoms with Gasteiger partial charge < -0.3 is 20.7 Å². The van der Waals surface area contributed by atoms with E-state index in [1.54, 1.807) is 0 Å². The zero-order valence-electron chi connectivity index (χ0n) is 14.8. The maximum Gasteiger partial charge on any atom is 0.246 e. The molecule has 1 atom stereocenters. The van der Waals surface area contributed by atoms with Crippen molar-refractivity contribution < 1.29 is 9.53 Å². The third-order valence-electron chi connectivity index (χ3n) is 4.60. The number of hydrogen-bond donors (Lipinski definition) is 2. The first kappa shape index (κ1) is 17.1. The highest BCUT2D eigenvalue weighted by Gasteiger charge is 2.26. The fourth-order valence-electron chi connectivity index (χ4n) is 3.27. The molecular weight excluding hydrogens is 314 g/mol. The van der Waals surface area contributed by atoms with Gasteiger partial charge in [-0.1, -0.05) is 6.07 Å². The van der Waals surface area contributed by atoms with Crippen LogP contribution in [0.25, 0.3) is 0 Å². The molecule has 1 aliphatic heterocycles. The Hall–Kier alpha value is -2.69. The molecule has 132 valence electrons. The molecule has 2 aromatic carbocycles. The first-order valence-corrected chi connectivity index (χ1v) is 8.78. The number of nitrogens with two attached hydrogens (primary N) is 1. The number of fused-ring (bicyclic) bond motifs is 1. The third-order valence-corrected chi connectivity index (χ3v) is 4.60. The summed E-state index contributed by atoms with van der Waals surface area (Å²) in [6.45, 7) is 5.36. The zero-order chi connectivity index (χ0) is 17.8. The first-order valence-electron chi connectivity index (χ1n) is 8.78. The number of amides is 1. The minimum Gasteiger partial charge on any atom is -0.494 e. The molecule has 0 saturated carbocycles. The number of nitrogens with zero attached hydrogens (tertiary/aromatic N) is 1. The van der Waals surface area contributed by atoms with E-state index < -0.39 is 0 Å². The van der Waals surface area contributed by atoms with Gasteiger partial charge in [-0.15, -0.1) is 0 Å². The van der Waals surface area contributed by atoms with Crippen LogP contribution in [-0.4, -0.2) is 25.1 Å². The first-order chi connectivity index (χ1) is 12.1. The molecule has 3 rings (SSSR count). The summed E-state index contributed by atoms with van der Waals surface area (Å²) in [6.07, 6.45) is 1.97. The summed E-state index contributed by atoms with van der Waals surface area (Å²) < 4.78 is 5.43. The van der Waals surface area contributed by atoms with E-state index in [-0.39, 0.29) is 11.9 Å². The third kappa shape index (κ3) is 3.71. The highest BCUT2D eigenvalue weighted by Crippen LogP contribution is 2.32. The van der Waals surface area contributed by atoms with Crippen molar-refractivity contribution in [3.05, 3.63) is 48.0 Å². The van der Waals surface area contributed by atoms with Crippen LogP contribution in [0.1, 0.15) is 25.8 Å². The molecule has 0 aliphatic carbocycles. The monoisotopic (exact) mass is 339 g/mol. The fourth-order valence-corrected chi connectivity index (χ4v) is 3.27. The maximum atomic E-state index is 12.7. The topological polar surface area (TPSA) is 67.6 Å². The van der Waals surface area contributed by atoms with Crippen molar-refractivity contribution in [2.75, 3.05) is 29.1 Å². The standard InChI is InChI=1S/C20H25N3O2/c1-3-25-16-11-9-15(10-12-16)22-20(24)14(2)23-13-5-6-17-18(21)7-4-8-19(17)23/h4,7-12,14H,3,5-6,13,21H2,1-2H3,(H,22,24). The van der Waals surface area contributed by atoms with E-state index in [4.69, 9.17) is 10.5 Å². The molecule has 1 heterocycles. The number of rotatable bonds is 5. The molecule has 0 spiro atoms. The summed E-state index contributed by atoms with van der Waals surface area (Å²) in [5.74, 6) is 0.772. The van der Waals surface area contributed by atoms with Gasteiger partial charge >= 0.3 is 0 Å². The smallest absolute Gasteiger partial charge is 0.246 e. The van der Waals surface area contributed by atoms with E-state index in [9.17, 15) is 4.79 Å². The van der Waals surface area contributed by atoms with Crippen LogP contribution in [0.5, 0.6) is 5.75 Å². The Morgan fingerprint density at radius 2 is 2.04 bits per heavy atom. The van der Waals surface area contributed by atoms with Crippen LogP contribution in [-0.2, 0) is 11.2 Å². The van der Waals surface area contributed by atoms with Gasteiger partial charge in [0.25, 0.3) is 0 Å². The minimum absolute atomic E-state index is 0.0283. The summed E-state index contributed by atoms with van der Waals surface area (Å²) >= 11 is 0. The average molecular weight is 339 g/mol. The molecule has 0 saturated heterocycles. The molecule has 5 heteroatoms. The second kappa shape index (κ2) is 7.47. The largest absolute Gasteiger partial charge is 0.494 e. The number of carbonyl (C=O) groups is 1. The van der Waals surface area contributed by atoms with Gasteiger partial charge in [-0.2, -0.15) is 0 Å². The second-order valence-electron chi connectivity index (χ2n) is 6.26. The van der Waals surface area contributed by atoms with Crippen LogP contribution >= 0.6 is 0 Å². The summed E-state index contributed by atoms with van der Waals surface area (Å²) in [7, 11) is 0. The molecule has 1 unspecified atom stereocenters. The average Bonchev–Trinajstić information content (AvgIpc) is 2.63. The van der Waals surface area contributed by atoms with Crippen LogP contribution < -0.4 is 20.7 Å². The van der Waals surface area contributed by atoms with Crippen molar-refractivity contribution in [2.24, 2.45) is 0 Å². The van der Waals surface area contributed by atoms with Gasteiger partial charge in [0.15, 0.2) is 0 Å². The van der Waals surface area contributed by atoms with Crippen LogP contribution in [0.4, 0.5) is 17.1 Å². The Morgan fingerprint density at radius 3 is 2.76 bits per heavy atom. The normalized spacial score (nSPS) is 14.6. The quantitative estimate of drug-likeness (QED) is 0.819. The Kier molecular flexibility index (Phi) is 5.12. The van der Waals surface area contributed by atoms with Crippen molar-refractivity contribution in [3.8, 4) is 5.75 Å². The summed E-state index contributed by atoms with van der Waals surface area (Å²) in [4.78, 5) is 14.8. The Balaban J connectivity index is 1.72. The number of nitrogen functional groups attached to an aromatic ring is 1. The van der Waals surface area contributed by atoms with E-state index in [0.29, 0.717) is 6.61 Å². The second-order valence-corrected chi connectivity index (χ2v) is 6.26. The molecule has 25 heavy (non-hydrogen) atoms. The van der Waals surface area contributed by atoms with Crippen LogP contribution in [0.3, 0.4) is 0 Å². The van der Waals surface area contributed by atoms with E-state index in [2.05, 4.69) is 10.2 Å². The Bertz CT molecular complexity index is 743. The molecule has 1 amide bonds. The van der Waals surface area contributed by atoms with Gasteiger partial charge in [0.05, 0.1) is 6.61 Å². The molecule has 0 radical (unpaired) electrons. The predicted octanol–water partition coefficient (Wildman–Crippen LogP) is 3.45. The van der Waals surface area contributed by atoms with Gasteiger partial charge in [0.1, 0.15) is 11.8 Å². The lowest BCUT2D eigenvalue weighted by atomic mass is 9.98.